The summed E-state index contributed by atoms with van der Waals surface area (Å²) in [6.07, 6.45) is 2.97. The quantitative estimate of drug-likeness (QED) is 0.630. The summed E-state index contributed by atoms with van der Waals surface area (Å²) >= 11 is 6.18. The molecule has 1 aromatic heterocycles. The van der Waals surface area contributed by atoms with E-state index in [1.165, 1.54) is 24.8 Å². The predicted molar refractivity (Wildman–Crippen MR) is 107 cm³/mol. The molecule has 0 spiro atoms. The molecule has 0 bridgehead atoms. The van der Waals surface area contributed by atoms with Crippen LogP contribution in [0.3, 0.4) is 0 Å². The van der Waals surface area contributed by atoms with Crippen LogP contribution >= 0.6 is 11.6 Å². The van der Waals surface area contributed by atoms with E-state index in [9.17, 15) is 13.6 Å². The zero-order valence-electron chi connectivity index (χ0n) is 16.3. The van der Waals surface area contributed by atoms with Crippen LogP contribution in [0.25, 0.3) is 11.1 Å². The Kier molecular flexibility index (Phi) is 6.57. The number of aromatic nitrogens is 1. The van der Waals surface area contributed by atoms with E-state index >= 15 is 0 Å². The van der Waals surface area contributed by atoms with E-state index < -0.39 is 6.29 Å². The molecule has 5 nitrogen and oxygen atoms in total. The monoisotopic (exact) mass is 424 g/mol. The second kappa shape index (κ2) is 8.95. The van der Waals surface area contributed by atoms with Crippen LogP contribution in [0, 0.1) is 5.92 Å². The highest BCUT2D eigenvalue weighted by Gasteiger charge is 2.43. The van der Waals surface area contributed by atoms with Gasteiger partial charge < -0.3 is 14.8 Å². The van der Waals surface area contributed by atoms with Gasteiger partial charge in [-0.2, -0.15) is 0 Å². The molecule has 0 saturated heterocycles. The molecule has 1 saturated carbocycles. The first-order valence-electron chi connectivity index (χ1n) is 9.78. The number of hydrogen-bond donors (Lipinski definition) is 1. The molecule has 1 aliphatic heterocycles. The number of amides is 1. The van der Waals surface area contributed by atoms with Gasteiger partial charge in [-0.1, -0.05) is 44.7 Å². The third-order valence-electron chi connectivity index (χ3n) is 4.79. The van der Waals surface area contributed by atoms with Gasteiger partial charge in [-0.3, -0.25) is 4.79 Å². The molecule has 1 aliphatic carbocycles. The van der Waals surface area contributed by atoms with Crippen molar-refractivity contribution in [1.82, 2.24) is 4.98 Å². The van der Waals surface area contributed by atoms with Crippen LogP contribution in [-0.2, 0) is 4.79 Å². The number of fused-ring (bicyclic) bond motifs is 1. The summed E-state index contributed by atoms with van der Waals surface area (Å²) < 4.78 is 35.2. The lowest BCUT2D eigenvalue weighted by atomic mass is 9.89. The van der Waals surface area contributed by atoms with Crippen molar-refractivity contribution >= 4 is 23.3 Å². The number of halogens is 3. The average molecular weight is 425 g/mol. The lowest BCUT2D eigenvalue weighted by Gasteiger charge is -2.20. The minimum absolute atomic E-state index is 0.0155. The van der Waals surface area contributed by atoms with E-state index in [0.29, 0.717) is 16.9 Å². The molecule has 4 rings (SSSR count). The Hall–Kier alpha value is -2.41. The van der Waals surface area contributed by atoms with Gasteiger partial charge in [0.05, 0.1) is 5.02 Å². The van der Waals surface area contributed by atoms with Crippen molar-refractivity contribution in [1.29, 1.82) is 0 Å². The van der Waals surface area contributed by atoms with Gasteiger partial charge >= 0.3 is 6.29 Å². The molecule has 0 unspecified atom stereocenters. The molecule has 2 aliphatic rings. The molecular weight excluding hydrogens is 402 g/mol. The number of hydrogen-bond acceptors (Lipinski definition) is 4. The summed E-state index contributed by atoms with van der Waals surface area (Å²) in [4.78, 5) is 16.5. The van der Waals surface area contributed by atoms with Crippen LogP contribution in [0.1, 0.15) is 46.0 Å². The van der Waals surface area contributed by atoms with E-state index in [0.717, 1.165) is 25.7 Å². The number of carbonyl (C=O) groups is 1. The number of alkyl halides is 2. The van der Waals surface area contributed by atoms with E-state index in [1.807, 2.05) is 13.8 Å². The first-order valence-corrected chi connectivity index (χ1v) is 10.2. The SMILES string of the molecule is CC.O=C(Nc1ccc(-c2cc3c(cc2Cl)OC(F)(F)O3)cn1)C1CCCCC1. The summed E-state index contributed by atoms with van der Waals surface area (Å²) in [6, 6.07) is 6.04. The summed E-state index contributed by atoms with van der Waals surface area (Å²) in [5, 5.41) is 3.06. The second-order valence-electron chi connectivity index (χ2n) is 6.70. The topological polar surface area (TPSA) is 60.5 Å². The zero-order valence-corrected chi connectivity index (χ0v) is 17.1. The maximum Gasteiger partial charge on any atom is 0.586 e. The first kappa shape index (κ1) is 21.3. The number of nitrogens with zero attached hydrogens (tertiary/aromatic N) is 1. The molecule has 1 amide bonds. The zero-order chi connectivity index (χ0) is 21.0. The van der Waals surface area contributed by atoms with Crippen LogP contribution < -0.4 is 14.8 Å². The summed E-state index contributed by atoms with van der Waals surface area (Å²) in [5.74, 6) is 0.258. The third kappa shape index (κ3) is 4.96. The minimum Gasteiger partial charge on any atom is -0.395 e. The Morgan fingerprint density at radius 3 is 2.41 bits per heavy atom. The number of rotatable bonds is 3. The lowest BCUT2D eigenvalue weighted by Crippen LogP contribution is -2.25. The summed E-state index contributed by atoms with van der Waals surface area (Å²) in [5.41, 5.74) is 1.09. The Morgan fingerprint density at radius 2 is 1.79 bits per heavy atom. The molecule has 156 valence electrons. The number of carbonyl (C=O) groups excluding carboxylic acids is 1. The van der Waals surface area contributed by atoms with E-state index in [1.54, 1.807) is 12.1 Å². The minimum atomic E-state index is -3.70. The number of pyridine rings is 1. The highest BCUT2D eigenvalue weighted by molar-refractivity contribution is 6.33. The maximum atomic E-state index is 13.2. The van der Waals surface area contributed by atoms with Crippen LogP contribution in [-0.4, -0.2) is 17.2 Å². The predicted octanol–water partition coefficient (Wildman–Crippen LogP) is 6.27. The molecule has 1 aromatic carbocycles. The van der Waals surface area contributed by atoms with E-state index in [-0.39, 0.29) is 28.3 Å². The molecule has 0 radical (unpaired) electrons. The Bertz CT molecular complexity index is 869. The van der Waals surface area contributed by atoms with Crippen molar-refractivity contribution in [2.24, 2.45) is 5.92 Å². The highest BCUT2D eigenvalue weighted by Crippen LogP contribution is 2.46. The van der Waals surface area contributed by atoms with Gasteiger partial charge in [-0.25, -0.2) is 4.98 Å². The van der Waals surface area contributed by atoms with Crippen molar-refractivity contribution in [3.05, 3.63) is 35.5 Å². The summed E-state index contributed by atoms with van der Waals surface area (Å²) in [6.45, 7) is 4.00. The number of benzene rings is 1. The molecule has 1 fully saturated rings. The van der Waals surface area contributed by atoms with Gasteiger partial charge in [0.1, 0.15) is 5.82 Å². The smallest absolute Gasteiger partial charge is 0.395 e. The maximum absolute atomic E-state index is 13.2. The molecule has 2 aromatic rings. The van der Waals surface area contributed by atoms with Crippen LogP contribution in [0.2, 0.25) is 5.02 Å². The van der Waals surface area contributed by atoms with Crippen LogP contribution in [0.5, 0.6) is 11.5 Å². The number of ether oxygens (including phenoxy) is 2. The molecule has 2 heterocycles. The molecule has 0 atom stereocenters. The van der Waals surface area contributed by atoms with Crippen molar-refractivity contribution < 1.29 is 23.0 Å². The third-order valence-corrected chi connectivity index (χ3v) is 5.11. The fourth-order valence-corrected chi connectivity index (χ4v) is 3.68. The molecule has 1 N–H and O–H groups in total. The van der Waals surface area contributed by atoms with Gasteiger partial charge in [0.2, 0.25) is 5.91 Å². The highest BCUT2D eigenvalue weighted by atomic mass is 35.5. The van der Waals surface area contributed by atoms with Crippen molar-refractivity contribution in [2.75, 3.05) is 5.32 Å². The standard InChI is InChI=1S/C19H17ClF2N2O3.C2H6/c20-14-9-16-15(26-19(21,22)27-16)8-13(14)12-6-7-17(23-10-12)24-18(25)11-4-2-1-3-5-11;1-2/h6-11H,1-5H2,(H,23,24,25);1-2H3. The Balaban J connectivity index is 0.00000117. The Labute approximate surface area is 173 Å². The fraction of sp³-hybridized carbons (Fsp3) is 0.429. The molecule has 8 heteroatoms. The molecular formula is C21H23ClF2N2O3. The van der Waals surface area contributed by atoms with Crippen molar-refractivity contribution in [3.8, 4) is 22.6 Å². The van der Waals surface area contributed by atoms with Gasteiger partial charge in [0, 0.05) is 29.3 Å². The van der Waals surface area contributed by atoms with Gasteiger partial charge in [0.25, 0.3) is 0 Å². The Morgan fingerprint density at radius 1 is 1.14 bits per heavy atom. The fourth-order valence-electron chi connectivity index (χ4n) is 3.41. The summed E-state index contributed by atoms with van der Waals surface area (Å²) in [7, 11) is 0. The van der Waals surface area contributed by atoms with Gasteiger partial charge in [-0.05, 0) is 31.0 Å². The van der Waals surface area contributed by atoms with Crippen LogP contribution in [0.15, 0.2) is 30.5 Å². The van der Waals surface area contributed by atoms with Gasteiger partial charge in [0.15, 0.2) is 11.5 Å². The molecule has 29 heavy (non-hydrogen) atoms. The second-order valence-corrected chi connectivity index (χ2v) is 7.11. The van der Waals surface area contributed by atoms with Crippen LogP contribution in [0.4, 0.5) is 14.6 Å². The van der Waals surface area contributed by atoms with Gasteiger partial charge in [-0.15, -0.1) is 8.78 Å². The van der Waals surface area contributed by atoms with E-state index in [4.69, 9.17) is 11.6 Å². The largest absolute Gasteiger partial charge is 0.586 e. The lowest BCUT2D eigenvalue weighted by molar-refractivity contribution is -0.286. The number of nitrogens with one attached hydrogen (secondary N) is 1. The van der Waals surface area contributed by atoms with Crippen molar-refractivity contribution in [2.45, 2.75) is 52.2 Å². The van der Waals surface area contributed by atoms with Crippen molar-refractivity contribution in [3.63, 3.8) is 0 Å². The number of anilines is 1. The first-order chi connectivity index (χ1) is 13.9. The normalized spacial score (nSPS) is 17.3. The van der Waals surface area contributed by atoms with E-state index in [2.05, 4.69) is 19.8 Å². The average Bonchev–Trinajstić information content (AvgIpc) is 3.03.